The van der Waals surface area contributed by atoms with E-state index in [1.54, 1.807) is 12.4 Å². The first-order valence-electron chi connectivity index (χ1n) is 6.77. The van der Waals surface area contributed by atoms with Crippen LogP contribution in [0.2, 0.25) is 0 Å². The molecule has 2 N–H and O–H groups in total. The lowest BCUT2D eigenvalue weighted by atomic mass is 10.1. The second kappa shape index (κ2) is 7.50. The molecule has 1 atom stereocenters. The molecule has 2 aromatic rings. The molecule has 1 aromatic heterocycles. The number of aryl methyl sites for hydroxylation is 1. The molecule has 0 aliphatic heterocycles. The van der Waals surface area contributed by atoms with Gasteiger partial charge < -0.3 is 10.4 Å². The summed E-state index contributed by atoms with van der Waals surface area (Å²) in [6.07, 6.45) is 3.78. The van der Waals surface area contributed by atoms with Crippen LogP contribution in [0.25, 0.3) is 0 Å². The van der Waals surface area contributed by atoms with Crippen LogP contribution >= 0.6 is 0 Å². The van der Waals surface area contributed by atoms with Crippen molar-refractivity contribution in [1.82, 2.24) is 10.3 Å². The van der Waals surface area contributed by atoms with Crippen molar-refractivity contribution in [3.05, 3.63) is 65.7 Å². The number of benzene rings is 1. The normalized spacial score (nSPS) is 11.9. The topological polar surface area (TPSA) is 62.2 Å². The molecule has 110 valence electrons. The predicted molar refractivity (Wildman–Crippen MR) is 76.9 cm³/mol. The molecule has 21 heavy (non-hydrogen) atoms. The smallest absolute Gasteiger partial charge is 0.253 e. The van der Waals surface area contributed by atoms with Crippen molar-refractivity contribution in [2.45, 2.75) is 18.9 Å². The summed E-state index contributed by atoms with van der Waals surface area (Å²) in [6.45, 7) is 0.472. The number of nitrogens with zero attached hydrogens (tertiary/aromatic N) is 1. The number of hydrogen-bond donors (Lipinski definition) is 2. The van der Waals surface area contributed by atoms with Gasteiger partial charge in [0.2, 0.25) is 0 Å². The van der Waals surface area contributed by atoms with Crippen molar-refractivity contribution >= 4 is 5.91 Å². The standard InChI is InChI=1S/C16H17FN2O2/c17-14-5-3-13(4-6-14)15(20)16(21)19-9-1-2-12-7-10-18-11-8-12/h3-8,10-11,15,20H,1-2,9H2,(H,19,21)/t15-/m0/s1. The molecule has 0 bridgehead atoms. The summed E-state index contributed by atoms with van der Waals surface area (Å²) in [6, 6.07) is 9.09. The van der Waals surface area contributed by atoms with Crippen molar-refractivity contribution in [3.8, 4) is 0 Å². The minimum absolute atomic E-state index is 0.378. The third-order valence-electron chi connectivity index (χ3n) is 3.12. The van der Waals surface area contributed by atoms with Gasteiger partial charge in [-0.3, -0.25) is 9.78 Å². The maximum Gasteiger partial charge on any atom is 0.253 e. The number of pyridine rings is 1. The fourth-order valence-corrected chi connectivity index (χ4v) is 1.95. The van der Waals surface area contributed by atoms with E-state index in [0.717, 1.165) is 18.4 Å². The fourth-order valence-electron chi connectivity index (χ4n) is 1.95. The molecule has 5 heteroatoms. The number of carbonyl (C=O) groups excluding carboxylic acids is 1. The summed E-state index contributed by atoms with van der Waals surface area (Å²) in [7, 11) is 0. The Morgan fingerprint density at radius 3 is 2.52 bits per heavy atom. The molecule has 0 spiro atoms. The Kier molecular flexibility index (Phi) is 5.40. The highest BCUT2D eigenvalue weighted by Gasteiger charge is 2.16. The van der Waals surface area contributed by atoms with E-state index in [0.29, 0.717) is 12.1 Å². The highest BCUT2D eigenvalue weighted by atomic mass is 19.1. The molecule has 1 aromatic carbocycles. The van der Waals surface area contributed by atoms with Crippen LogP contribution in [0.1, 0.15) is 23.7 Å². The molecule has 0 saturated heterocycles. The quantitative estimate of drug-likeness (QED) is 0.799. The van der Waals surface area contributed by atoms with Crippen LogP contribution in [-0.2, 0) is 11.2 Å². The number of amides is 1. The second-order valence-corrected chi connectivity index (χ2v) is 4.70. The minimum atomic E-state index is -1.27. The third kappa shape index (κ3) is 4.65. The minimum Gasteiger partial charge on any atom is -0.378 e. The Labute approximate surface area is 122 Å². The molecule has 1 heterocycles. The monoisotopic (exact) mass is 288 g/mol. The van der Waals surface area contributed by atoms with Crippen molar-refractivity contribution in [3.63, 3.8) is 0 Å². The number of aromatic nitrogens is 1. The van der Waals surface area contributed by atoms with Crippen LogP contribution in [0.3, 0.4) is 0 Å². The Hall–Kier alpha value is -2.27. The Morgan fingerprint density at radius 1 is 1.19 bits per heavy atom. The zero-order chi connectivity index (χ0) is 15.1. The van der Waals surface area contributed by atoms with Crippen LogP contribution < -0.4 is 5.32 Å². The van der Waals surface area contributed by atoms with Crippen molar-refractivity contribution in [2.75, 3.05) is 6.54 Å². The van der Waals surface area contributed by atoms with E-state index < -0.39 is 17.8 Å². The summed E-state index contributed by atoms with van der Waals surface area (Å²) in [5.41, 5.74) is 1.53. The molecule has 0 radical (unpaired) electrons. The van der Waals surface area contributed by atoms with Gasteiger partial charge in [-0.15, -0.1) is 0 Å². The van der Waals surface area contributed by atoms with Crippen molar-refractivity contribution in [2.24, 2.45) is 0 Å². The van der Waals surface area contributed by atoms with Crippen LogP contribution in [0.15, 0.2) is 48.8 Å². The van der Waals surface area contributed by atoms with Crippen LogP contribution in [0.4, 0.5) is 4.39 Å². The molecule has 0 unspecified atom stereocenters. The number of hydrogen-bond acceptors (Lipinski definition) is 3. The van der Waals surface area contributed by atoms with Gasteiger partial charge in [-0.25, -0.2) is 4.39 Å². The first kappa shape index (κ1) is 15.1. The maximum atomic E-state index is 12.8. The van der Waals surface area contributed by atoms with E-state index in [-0.39, 0.29) is 0 Å². The Morgan fingerprint density at radius 2 is 1.86 bits per heavy atom. The number of carbonyl (C=O) groups is 1. The number of aliphatic hydroxyl groups is 1. The van der Waals surface area contributed by atoms with Gasteiger partial charge in [-0.05, 0) is 48.2 Å². The Bertz CT molecular complexity index is 573. The Balaban J connectivity index is 1.75. The van der Waals surface area contributed by atoms with Gasteiger partial charge in [-0.2, -0.15) is 0 Å². The van der Waals surface area contributed by atoms with E-state index in [1.807, 2.05) is 12.1 Å². The lowest BCUT2D eigenvalue weighted by Gasteiger charge is -2.11. The molecule has 1 amide bonds. The van der Waals surface area contributed by atoms with Crippen LogP contribution in [0.5, 0.6) is 0 Å². The van der Waals surface area contributed by atoms with Crippen molar-refractivity contribution in [1.29, 1.82) is 0 Å². The number of nitrogens with one attached hydrogen (secondary N) is 1. The van der Waals surface area contributed by atoms with E-state index in [4.69, 9.17) is 0 Å². The molecule has 0 saturated carbocycles. The van der Waals surface area contributed by atoms with Crippen LogP contribution in [0, 0.1) is 5.82 Å². The summed E-state index contributed by atoms with van der Waals surface area (Å²) in [5, 5.41) is 12.5. The highest BCUT2D eigenvalue weighted by molar-refractivity contribution is 5.81. The first-order valence-corrected chi connectivity index (χ1v) is 6.77. The molecule has 2 rings (SSSR count). The predicted octanol–water partition coefficient (Wildman–Crippen LogP) is 2.00. The number of aliphatic hydroxyl groups excluding tert-OH is 1. The lowest BCUT2D eigenvalue weighted by molar-refractivity contribution is -0.129. The van der Waals surface area contributed by atoms with Gasteiger partial charge in [0.15, 0.2) is 6.10 Å². The average molecular weight is 288 g/mol. The zero-order valence-corrected chi connectivity index (χ0v) is 11.5. The largest absolute Gasteiger partial charge is 0.378 e. The molecular weight excluding hydrogens is 271 g/mol. The number of halogens is 1. The van der Waals surface area contributed by atoms with Gasteiger partial charge in [0.05, 0.1) is 0 Å². The summed E-state index contributed by atoms with van der Waals surface area (Å²) >= 11 is 0. The average Bonchev–Trinajstić information content (AvgIpc) is 2.52. The second-order valence-electron chi connectivity index (χ2n) is 4.70. The van der Waals surface area contributed by atoms with Gasteiger partial charge in [0.1, 0.15) is 5.82 Å². The summed E-state index contributed by atoms with van der Waals surface area (Å²) in [5.74, 6) is -0.875. The fraction of sp³-hybridized carbons (Fsp3) is 0.250. The van der Waals surface area contributed by atoms with Gasteiger partial charge in [-0.1, -0.05) is 12.1 Å². The highest BCUT2D eigenvalue weighted by Crippen LogP contribution is 2.13. The van der Waals surface area contributed by atoms with E-state index >= 15 is 0 Å². The van der Waals surface area contributed by atoms with Crippen LogP contribution in [-0.4, -0.2) is 22.5 Å². The lowest BCUT2D eigenvalue weighted by Crippen LogP contribution is -2.30. The van der Waals surface area contributed by atoms with Crippen molar-refractivity contribution < 1.29 is 14.3 Å². The summed E-state index contributed by atoms with van der Waals surface area (Å²) < 4.78 is 12.8. The number of rotatable bonds is 6. The molecule has 4 nitrogen and oxygen atoms in total. The molecule has 0 aliphatic carbocycles. The molecule has 0 aliphatic rings. The van der Waals surface area contributed by atoms with Gasteiger partial charge in [0, 0.05) is 18.9 Å². The summed E-state index contributed by atoms with van der Waals surface area (Å²) in [4.78, 5) is 15.7. The maximum absolute atomic E-state index is 12.8. The third-order valence-corrected chi connectivity index (χ3v) is 3.12. The molecule has 0 fully saturated rings. The zero-order valence-electron chi connectivity index (χ0n) is 11.5. The molecular formula is C16H17FN2O2. The first-order chi connectivity index (χ1) is 10.2. The van der Waals surface area contributed by atoms with Gasteiger partial charge in [0.25, 0.3) is 5.91 Å². The van der Waals surface area contributed by atoms with E-state index in [1.165, 1.54) is 24.3 Å². The van der Waals surface area contributed by atoms with E-state index in [9.17, 15) is 14.3 Å². The van der Waals surface area contributed by atoms with Gasteiger partial charge >= 0.3 is 0 Å². The van der Waals surface area contributed by atoms with E-state index in [2.05, 4.69) is 10.3 Å². The SMILES string of the molecule is O=C(NCCCc1ccncc1)[C@@H](O)c1ccc(F)cc1.